The summed E-state index contributed by atoms with van der Waals surface area (Å²) in [5.74, 6) is 0. The minimum Gasteiger partial charge on any atom is -0.388 e. The third-order valence-corrected chi connectivity index (χ3v) is 4.51. The first-order chi connectivity index (χ1) is 10.9. The number of carbonyl (C=O) groups excluding carboxylic acids is 1. The number of benzene rings is 1. The van der Waals surface area contributed by atoms with Gasteiger partial charge >= 0.3 is 6.03 Å². The number of nitrogens with zero attached hydrogens (tertiary/aromatic N) is 2. The Kier molecular flexibility index (Phi) is 5.85. The normalized spacial score (nSPS) is 17.6. The number of hydrogen-bond donors (Lipinski definition) is 3. The summed E-state index contributed by atoms with van der Waals surface area (Å²) in [6, 6.07) is 7.44. The summed E-state index contributed by atoms with van der Waals surface area (Å²) in [5, 5.41) is 16.1. The maximum absolute atomic E-state index is 12.1. The highest BCUT2D eigenvalue weighted by atomic mass is 16.3. The number of rotatable bonds is 5. The Morgan fingerprint density at radius 1 is 1.39 bits per heavy atom. The molecule has 2 rings (SSSR count). The summed E-state index contributed by atoms with van der Waals surface area (Å²) in [6.07, 6.45) is 1.36. The number of carbonyl (C=O) groups is 1. The molecule has 1 fully saturated rings. The SMILES string of the molecule is CCN(C)c1cccc(NC(=O)NCC2(O)CCN(C)CC2)c1. The second-order valence-electron chi connectivity index (χ2n) is 6.40. The maximum Gasteiger partial charge on any atom is 0.319 e. The Hall–Kier alpha value is -1.79. The van der Waals surface area contributed by atoms with E-state index in [2.05, 4.69) is 27.4 Å². The molecule has 1 heterocycles. The van der Waals surface area contributed by atoms with E-state index in [-0.39, 0.29) is 12.6 Å². The molecule has 0 unspecified atom stereocenters. The average Bonchev–Trinajstić information content (AvgIpc) is 2.56. The van der Waals surface area contributed by atoms with E-state index >= 15 is 0 Å². The molecular weight excluding hydrogens is 292 g/mol. The van der Waals surface area contributed by atoms with Crippen LogP contribution in [-0.2, 0) is 0 Å². The fourth-order valence-corrected chi connectivity index (χ4v) is 2.64. The highest BCUT2D eigenvalue weighted by molar-refractivity contribution is 5.89. The van der Waals surface area contributed by atoms with Crippen LogP contribution in [0.25, 0.3) is 0 Å². The zero-order chi connectivity index (χ0) is 16.9. The van der Waals surface area contributed by atoms with E-state index in [1.54, 1.807) is 0 Å². The van der Waals surface area contributed by atoms with Gasteiger partial charge < -0.3 is 25.5 Å². The molecule has 0 radical (unpaired) electrons. The summed E-state index contributed by atoms with van der Waals surface area (Å²) in [5.41, 5.74) is 1.00. The number of piperidine rings is 1. The van der Waals surface area contributed by atoms with E-state index in [9.17, 15) is 9.90 Å². The fraction of sp³-hybridized carbons (Fsp3) is 0.588. The van der Waals surface area contributed by atoms with E-state index in [0.29, 0.717) is 12.8 Å². The first-order valence-corrected chi connectivity index (χ1v) is 8.19. The van der Waals surface area contributed by atoms with Crippen LogP contribution < -0.4 is 15.5 Å². The average molecular weight is 320 g/mol. The largest absolute Gasteiger partial charge is 0.388 e. The van der Waals surface area contributed by atoms with Gasteiger partial charge in [-0.15, -0.1) is 0 Å². The Bertz CT molecular complexity index is 527. The third-order valence-electron chi connectivity index (χ3n) is 4.51. The highest BCUT2D eigenvalue weighted by Gasteiger charge is 2.31. The number of hydrogen-bond acceptors (Lipinski definition) is 4. The van der Waals surface area contributed by atoms with Crippen molar-refractivity contribution in [2.24, 2.45) is 0 Å². The van der Waals surface area contributed by atoms with Crippen LogP contribution in [0.4, 0.5) is 16.2 Å². The van der Waals surface area contributed by atoms with Crippen molar-refractivity contribution in [1.29, 1.82) is 0 Å². The highest BCUT2D eigenvalue weighted by Crippen LogP contribution is 2.21. The fourth-order valence-electron chi connectivity index (χ4n) is 2.64. The van der Waals surface area contributed by atoms with Gasteiger partial charge in [-0.05, 0) is 45.0 Å². The molecule has 128 valence electrons. The quantitative estimate of drug-likeness (QED) is 0.773. The van der Waals surface area contributed by atoms with Crippen molar-refractivity contribution >= 4 is 17.4 Å². The van der Waals surface area contributed by atoms with Crippen LogP contribution in [0, 0.1) is 0 Å². The van der Waals surface area contributed by atoms with Crippen LogP contribution in [0.15, 0.2) is 24.3 Å². The molecule has 0 saturated carbocycles. The minimum absolute atomic E-state index is 0.279. The molecule has 23 heavy (non-hydrogen) atoms. The lowest BCUT2D eigenvalue weighted by atomic mass is 9.92. The first kappa shape index (κ1) is 17.6. The van der Waals surface area contributed by atoms with Crippen LogP contribution in [0.2, 0.25) is 0 Å². The maximum atomic E-state index is 12.1. The molecule has 6 nitrogen and oxygen atoms in total. The van der Waals surface area contributed by atoms with Crippen LogP contribution in [0.5, 0.6) is 0 Å². The zero-order valence-electron chi connectivity index (χ0n) is 14.3. The van der Waals surface area contributed by atoms with Crippen molar-refractivity contribution in [1.82, 2.24) is 10.2 Å². The van der Waals surface area contributed by atoms with Gasteiger partial charge in [0, 0.05) is 44.6 Å². The van der Waals surface area contributed by atoms with Crippen LogP contribution in [0.1, 0.15) is 19.8 Å². The molecule has 1 aliphatic rings. The molecule has 1 aliphatic heterocycles. The lowest BCUT2D eigenvalue weighted by Crippen LogP contribution is -2.50. The van der Waals surface area contributed by atoms with E-state index in [4.69, 9.17) is 0 Å². The van der Waals surface area contributed by atoms with Crippen molar-refractivity contribution in [2.75, 3.05) is 50.5 Å². The van der Waals surface area contributed by atoms with Gasteiger partial charge in [0.15, 0.2) is 0 Å². The van der Waals surface area contributed by atoms with Gasteiger partial charge in [-0.1, -0.05) is 6.07 Å². The molecule has 6 heteroatoms. The molecule has 1 aromatic carbocycles. The Morgan fingerprint density at radius 2 is 2.09 bits per heavy atom. The number of aliphatic hydroxyl groups is 1. The number of amides is 2. The third kappa shape index (κ3) is 5.11. The van der Waals surface area contributed by atoms with Gasteiger partial charge in [-0.2, -0.15) is 0 Å². The predicted octanol–water partition coefficient (Wildman–Crippen LogP) is 1.72. The van der Waals surface area contributed by atoms with E-state index < -0.39 is 5.60 Å². The standard InChI is InChI=1S/C17H28N4O2/c1-4-21(3)15-7-5-6-14(12-15)19-16(22)18-13-17(23)8-10-20(2)11-9-17/h5-7,12,23H,4,8-11,13H2,1-3H3,(H2,18,19,22). The molecule has 1 saturated heterocycles. The summed E-state index contributed by atoms with van der Waals surface area (Å²) < 4.78 is 0. The predicted molar refractivity (Wildman–Crippen MR) is 94.1 cm³/mol. The second-order valence-corrected chi connectivity index (χ2v) is 6.40. The number of nitrogens with one attached hydrogen (secondary N) is 2. The van der Waals surface area contributed by atoms with Gasteiger partial charge in [-0.3, -0.25) is 0 Å². The monoisotopic (exact) mass is 320 g/mol. The molecule has 0 spiro atoms. The Balaban J connectivity index is 1.85. The van der Waals surface area contributed by atoms with Gasteiger partial charge in [0.25, 0.3) is 0 Å². The van der Waals surface area contributed by atoms with Crippen molar-refractivity contribution in [3.63, 3.8) is 0 Å². The van der Waals surface area contributed by atoms with Crippen LogP contribution >= 0.6 is 0 Å². The van der Waals surface area contributed by atoms with Gasteiger partial charge in [-0.25, -0.2) is 4.79 Å². The van der Waals surface area contributed by atoms with Gasteiger partial charge in [0.2, 0.25) is 0 Å². The van der Waals surface area contributed by atoms with Crippen molar-refractivity contribution in [3.05, 3.63) is 24.3 Å². The van der Waals surface area contributed by atoms with Crippen LogP contribution in [-0.4, -0.2) is 61.9 Å². The van der Waals surface area contributed by atoms with Gasteiger partial charge in [0.1, 0.15) is 0 Å². The Morgan fingerprint density at radius 3 is 2.74 bits per heavy atom. The summed E-state index contributed by atoms with van der Waals surface area (Å²) in [6.45, 7) is 4.96. The molecule has 0 aliphatic carbocycles. The summed E-state index contributed by atoms with van der Waals surface area (Å²) in [7, 11) is 4.05. The zero-order valence-corrected chi connectivity index (χ0v) is 14.3. The van der Waals surface area contributed by atoms with Crippen molar-refractivity contribution in [3.8, 4) is 0 Å². The van der Waals surface area contributed by atoms with Crippen LogP contribution in [0.3, 0.4) is 0 Å². The Labute approximate surface area is 138 Å². The van der Waals surface area contributed by atoms with E-state index in [1.165, 1.54) is 0 Å². The first-order valence-electron chi connectivity index (χ1n) is 8.19. The molecule has 2 amide bonds. The molecule has 0 aromatic heterocycles. The molecular formula is C17H28N4O2. The number of urea groups is 1. The lowest BCUT2D eigenvalue weighted by Gasteiger charge is -2.36. The smallest absolute Gasteiger partial charge is 0.319 e. The number of anilines is 2. The lowest BCUT2D eigenvalue weighted by molar-refractivity contribution is -0.0120. The van der Waals surface area contributed by atoms with Crippen molar-refractivity contribution < 1.29 is 9.90 Å². The molecule has 3 N–H and O–H groups in total. The molecule has 1 aromatic rings. The van der Waals surface area contributed by atoms with Crippen molar-refractivity contribution in [2.45, 2.75) is 25.4 Å². The summed E-state index contributed by atoms with van der Waals surface area (Å²) >= 11 is 0. The molecule has 0 bridgehead atoms. The van der Waals surface area contributed by atoms with E-state index in [1.807, 2.05) is 38.4 Å². The number of likely N-dealkylation sites (tertiary alicyclic amines) is 1. The molecule has 0 atom stereocenters. The second kappa shape index (κ2) is 7.66. The minimum atomic E-state index is -0.797. The van der Waals surface area contributed by atoms with Gasteiger partial charge in [0.05, 0.1) is 5.60 Å². The topological polar surface area (TPSA) is 67.8 Å². The summed E-state index contributed by atoms with van der Waals surface area (Å²) in [4.78, 5) is 16.3. The van der Waals surface area contributed by atoms with E-state index in [0.717, 1.165) is 31.0 Å².